The molecule has 1 saturated heterocycles. The fraction of sp³-hybridized carbons (Fsp3) is 0.300. The molecule has 1 fully saturated rings. The summed E-state index contributed by atoms with van der Waals surface area (Å²) in [5.41, 5.74) is -0.214. The van der Waals surface area contributed by atoms with E-state index in [0.717, 1.165) is 12.1 Å². The maximum Gasteiger partial charge on any atom is 0.150 e. The Bertz CT molecular complexity index is 413. The molecule has 0 unspecified atom stereocenters. The van der Waals surface area contributed by atoms with Crippen LogP contribution in [0.4, 0.5) is 14.5 Å². The van der Waals surface area contributed by atoms with Gasteiger partial charge in [-0.15, -0.1) is 0 Å². The van der Waals surface area contributed by atoms with Gasteiger partial charge in [0.05, 0.1) is 17.7 Å². The summed E-state index contributed by atoms with van der Waals surface area (Å²) in [6.45, 7) is 0.444. The molecule has 1 aromatic carbocycles. The van der Waals surface area contributed by atoms with E-state index >= 15 is 0 Å². The molecule has 0 spiro atoms. The number of aliphatic hydroxyl groups excluding tert-OH is 1. The summed E-state index contributed by atoms with van der Waals surface area (Å²) in [4.78, 5) is 1.40. The molecule has 3 nitrogen and oxygen atoms in total. The summed E-state index contributed by atoms with van der Waals surface area (Å²) in [7, 11) is 0. The normalized spacial score (nSPS) is 16.0. The van der Waals surface area contributed by atoms with E-state index in [4.69, 9.17) is 10.4 Å². The van der Waals surface area contributed by atoms with Gasteiger partial charge in [-0.1, -0.05) is 0 Å². The summed E-state index contributed by atoms with van der Waals surface area (Å²) in [6.07, 6.45) is -0.528. The lowest BCUT2D eigenvalue weighted by atomic mass is 10.1. The zero-order chi connectivity index (χ0) is 11.0. The average Bonchev–Trinajstić information content (AvgIpc) is 2.13. The Morgan fingerprint density at radius 3 is 2.27 bits per heavy atom. The highest BCUT2D eigenvalue weighted by molar-refractivity contribution is 5.54. The number of benzene rings is 1. The minimum atomic E-state index is -0.765. The molecule has 2 rings (SSSR count). The molecule has 5 heteroatoms. The molecule has 0 bridgehead atoms. The molecule has 15 heavy (non-hydrogen) atoms. The van der Waals surface area contributed by atoms with Gasteiger partial charge in [-0.3, -0.25) is 0 Å². The van der Waals surface area contributed by atoms with Crippen molar-refractivity contribution in [1.29, 1.82) is 5.26 Å². The van der Waals surface area contributed by atoms with Crippen LogP contribution in [0.15, 0.2) is 12.1 Å². The Kier molecular flexibility index (Phi) is 2.29. The predicted octanol–water partition coefficient (Wildman–Crippen LogP) is 1.02. The molecule has 0 saturated carbocycles. The van der Waals surface area contributed by atoms with Crippen molar-refractivity contribution in [1.82, 2.24) is 0 Å². The SMILES string of the molecule is N#Cc1cc(F)c(N2CC(O)C2)c(F)c1. The molecule has 1 aliphatic rings. The van der Waals surface area contributed by atoms with Gasteiger partial charge in [0, 0.05) is 13.1 Å². The van der Waals surface area contributed by atoms with Crippen molar-refractivity contribution in [3.63, 3.8) is 0 Å². The van der Waals surface area contributed by atoms with Crippen LogP contribution in [-0.4, -0.2) is 24.3 Å². The van der Waals surface area contributed by atoms with Crippen molar-refractivity contribution in [2.24, 2.45) is 0 Å². The molecule has 0 atom stereocenters. The Balaban J connectivity index is 2.36. The molecule has 1 aliphatic heterocycles. The number of nitriles is 1. The number of β-amino-alcohol motifs (C(OH)–C–C–N with tert-alkyl or cyclic N) is 1. The molecule has 1 heterocycles. The number of hydrogen-bond acceptors (Lipinski definition) is 3. The van der Waals surface area contributed by atoms with Gasteiger partial charge in [0.25, 0.3) is 0 Å². The summed E-state index contributed by atoms with van der Waals surface area (Å²) >= 11 is 0. The standard InChI is InChI=1S/C10H8F2N2O/c11-8-1-6(3-13)2-9(12)10(8)14-4-7(15)5-14/h1-2,7,15H,4-5H2. The van der Waals surface area contributed by atoms with E-state index in [0.29, 0.717) is 0 Å². The van der Waals surface area contributed by atoms with E-state index in [1.54, 1.807) is 6.07 Å². The summed E-state index contributed by atoms with van der Waals surface area (Å²) < 4.78 is 26.8. The second-order valence-electron chi connectivity index (χ2n) is 3.46. The second kappa shape index (κ2) is 3.48. The minimum Gasteiger partial charge on any atom is -0.389 e. The number of aliphatic hydroxyl groups is 1. The van der Waals surface area contributed by atoms with Gasteiger partial charge in [-0.25, -0.2) is 8.78 Å². The molecule has 0 aliphatic carbocycles. The highest BCUT2D eigenvalue weighted by atomic mass is 19.1. The largest absolute Gasteiger partial charge is 0.389 e. The van der Waals surface area contributed by atoms with E-state index in [1.165, 1.54) is 4.90 Å². The van der Waals surface area contributed by atoms with Crippen LogP contribution in [0.2, 0.25) is 0 Å². The van der Waals surface area contributed by atoms with Gasteiger partial charge < -0.3 is 10.0 Å². The molecule has 1 N–H and O–H groups in total. The lowest BCUT2D eigenvalue weighted by molar-refractivity contribution is 0.140. The van der Waals surface area contributed by atoms with Gasteiger partial charge in [0.1, 0.15) is 5.69 Å². The van der Waals surface area contributed by atoms with Crippen LogP contribution in [0.3, 0.4) is 0 Å². The summed E-state index contributed by atoms with van der Waals surface area (Å²) in [6, 6.07) is 3.65. The molecule has 1 aromatic rings. The fourth-order valence-corrected chi connectivity index (χ4v) is 1.57. The van der Waals surface area contributed by atoms with Crippen molar-refractivity contribution in [3.8, 4) is 6.07 Å². The number of hydrogen-bond donors (Lipinski definition) is 1. The quantitative estimate of drug-likeness (QED) is 0.752. The molecular weight excluding hydrogens is 202 g/mol. The Hall–Kier alpha value is -1.67. The van der Waals surface area contributed by atoms with Gasteiger partial charge in [0.2, 0.25) is 0 Å². The zero-order valence-corrected chi connectivity index (χ0v) is 7.74. The third-order valence-electron chi connectivity index (χ3n) is 2.32. The zero-order valence-electron chi connectivity index (χ0n) is 7.74. The number of anilines is 1. The number of nitrogens with zero attached hydrogens (tertiary/aromatic N) is 2. The van der Waals surface area contributed by atoms with Crippen molar-refractivity contribution in [2.75, 3.05) is 18.0 Å². The second-order valence-corrected chi connectivity index (χ2v) is 3.46. The van der Waals surface area contributed by atoms with Crippen molar-refractivity contribution < 1.29 is 13.9 Å². The van der Waals surface area contributed by atoms with E-state index in [-0.39, 0.29) is 24.3 Å². The van der Waals surface area contributed by atoms with E-state index in [9.17, 15) is 8.78 Å². The predicted molar refractivity (Wildman–Crippen MR) is 49.3 cm³/mol. The number of rotatable bonds is 1. The summed E-state index contributed by atoms with van der Waals surface area (Å²) in [5.74, 6) is -1.53. The molecular formula is C10H8F2N2O. The van der Waals surface area contributed by atoms with Crippen molar-refractivity contribution >= 4 is 5.69 Å². The average molecular weight is 210 g/mol. The van der Waals surface area contributed by atoms with Gasteiger partial charge >= 0.3 is 0 Å². The van der Waals surface area contributed by atoms with Crippen LogP contribution in [0.25, 0.3) is 0 Å². The Labute approximate surface area is 85.2 Å². The van der Waals surface area contributed by atoms with Gasteiger partial charge in [-0.2, -0.15) is 5.26 Å². The first kappa shape index (κ1) is 9.87. The van der Waals surface area contributed by atoms with Crippen LogP contribution < -0.4 is 4.90 Å². The van der Waals surface area contributed by atoms with Crippen LogP contribution in [-0.2, 0) is 0 Å². The van der Waals surface area contributed by atoms with Gasteiger partial charge in [-0.05, 0) is 12.1 Å². The van der Waals surface area contributed by atoms with Crippen LogP contribution in [0, 0.1) is 23.0 Å². The molecule has 0 aromatic heterocycles. The van der Waals surface area contributed by atoms with Crippen LogP contribution in [0.5, 0.6) is 0 Å². The number of halogens is 2. The highest BCUT2D eigenvalue weighted by Crippen LogP contribution is 2.28. The lowest BCUT2D eigenvalue weighted by Gasteiger charge is -2.38. The molecule has 78 valence electrons. The topological polar surface area (TPSA) is 47.3 Å². The van der Waals surface area contributed by atoms with Crippen LogP contribution >= 0.6 is 0 Å². The lowest BCUT2D eigenvalue weighted by Crippen LogP contribution is -2.51. The fourth-order valence-electron chi connectivity index (χ4n) is 1.57. The van der Waals surface area contributed by atoms with E-state index < -0.39 is 17.7 Å². The monoisotopic (exact) mass is 210 g/mol. The van der Waals surface area contributed by atoms with E-state index in [2.05, 4.69) is 0 Å². The Morgan fingerprint density at radius 1 is 1.33 bits per heavy atom. The smallest absolute Gasteiger partial charge is 0.150 e. The third-order valence-corrected chi connectivity index (χ3v) is 2.32. The molecule has 0 amide bonds. The first-order valence-corrected chi connectivity index (χ1v) is 4.44. The maximum absolute atomic E-state index is 13.4. The van der Waals surface area contributed by atoms with Crippen LogP contribution in [0.1, 0.15) is 5.56 Å². The maximum atomic E-state index is 13.4. The first-order valence-electron chi connectivity index (χ1n) is 4.44. The van der Waals surface area contributed by atoms with Gasteiger partial charge in [0.15, 0.2) is 11.6 Å². The third kappa shape index (κ3) is 1.64. The highest BCUT2D eigenvalue weighted by Gasteiger charge is 2.29. The molecule has 0 radical (unpaired) electrons. The first-order chi connectivity index (χ1) is 7.11. The Morgan fingerprint density at radius 2 is 1.87 bits per heavy atom. The summed E-state index contributed by atoms with van der Waals surface area (Å²) in [5, 5.41) is 17.5. The van der Waals surface area contributed by atoms with Crippen molar-refractivity contribution in [2.45, 2.75) is 6.10 Å². The van der Waals surface area contributed by atoms with E-state index in [1.807, 2.05) is 0 Å². The minimum absolute atomic E-state index is 0.0465. The van der Waals surface area contributed by atoms with Crippen molar-refractivity contribution in [3.05, 3.63) is 29.3 Å².